The number of hydrogen-bond donors (Lipinski definition) is 1. The molecule has 0 aliphatic heterocycles. The van der Waals surface area contributed by atoms with Crippen molar-refractivity contribution in [2.75, 3.05) is 6.61 Å². The predicted octanol–water partition coefficient (Wildman–Crippen LogP) is 6.56. The van der Waals surface area contributed by atoms with Crippen molar-refractivity contribution in [2.24, 2.45) is 0 Å². The van der Waals surface area contributed by atoms with Gasteiger partial charge in [-0.2, -0.15) is 0 Å². The van der Waals surface area contributed by atoms with E-state index in [1.165, 1.54) is 57.8 Å². The van der Waals surface area contributed by atoms with E-state index in [9.17, 15) is 4.79 Å². The molecule has 0 atom stereocenters. The predicted molar refractivity (Wildman–Crippen MR) is 119 cm³/mol. The van der Waals surface area contributed by atoms with Crippen LogP contribution in [0.25, 0.3) is 11.4 Å². The number of aromatic carboxylic acids is 1. The van der Waals surface area contributed by atoms with Crippen LogP contribution in [0.15, 0.2) is 36.7 Å². The zero-order chi connectivity index (χ0) is 20.0. The molecule has 160 valence electrons. The number of hydrogen-bond acceptors (Lipinski definition) is 4. The molecule has 2 aromatic rings. The smallest absolute Gasteiger partial charge is 0.335 e. The van der Waals surface area contributed by atoms with Gasteiger partial charge in [-0.05, 0) is 18.6 Å². The Morgan fingerprint density at radius 3 is 1.90 bits per heavy atom. The molecule has 0 aliphatic carbocycles. The highest BCUT2D eigenvalue weighted by Crippen LogP contribution is 2.18. The number of ether oxygens (including phenoxy) is 1. The highest BCUT2D eigenvalue weighted by atomic mass is 35.5. The Kier molecular flexibility index (Phi) is 12.7. The lowest BCUT2D eigenvalue weighted by molar-refractivity contribution is 0.0697. The fraction of sp³-hybridized carbons (Fsp3) is 0.522. The fourth-order valence-corrected chi connectivity index (χ4v) is 3.08. The Balaban J connectivity index is 0.00000420. The molecule has 29 heavy (non-hydrogen) atoms. The minimum atomic E-state index is -0.941. The number of nitrogens with zero attached hydrogens (tertiary/aromatic N) is 2. The van der Waals surface area contributed by atoms with E-state index >= 15 is 0 Å². The van der Waals surface area contributed by atoms with Crippen LogP contribution >= 0.6 is 12.4 Å². The standard InChI is InChI=1S/C23H32N2O3.ClH/c1-2-3-4-5-6-7-8-9-10-11-16-28-21-17-24-22(25-18-21)19-12-14-20(15-13-19)23(26)27;/h12-15,17-18H,2-11,16H2,1H3,(H,26,27);1H. The van der Waals surface area contributed by atoms with Gasteiger partial charge in [0.15, 0.2) is 11.6 Å². The maximum Gasteiger partial charge on any atom is 0.335 e. The minimum Gasteiger partial charge on any atom is -0.490 e. The van der Waals surface area contributed by atoms with Crippen LogP contribution in [-0.4, -0.2) is 27.7 Å². The van der Waals surface area contributed by atoms with Gasteiger partial charge in [0, 0.05) is 5.56 Å². The molecule has 0 radical (unpaired) electrons. The first-order valence-corrected chi connectivity index (χ1v) is 10.5. The van der Waals surface area contributed by atoms with E-state index in [0.29, 0.717) is 18.2 Å². The molecule has 5 nitrogen and oxygen atoms in total. The topological polar surface area (TPSA) is 72.3 Å². The van der Waals surface area contributed by atoms with E-state index < -0.39 is 5.97 Å². The largest absolute Gasteiger partial charge is 0.490 e. The maximum absolute atomic E-state index is 10.9. The van der Waals surface area contributed by atoms with E-state index in [1.807, 2.05) is 0 Å². The molecule has 0 bridgehead atoms. The van der Waals surface area contributed by atoms with Gasteiger partial charge in [-0.15, -0.1) is 12.4 Å². The molecule has 1 aromatic carbocycles. The van der Waals surface area contributed by atoms with E-state index in [-0.39, 0.29) is 18.0 Å². The van der Waals surface area contributed by atoms with Gasteiger partial charge in [-0.1, -0.05) is 76.8 Å². The molecular formula is C23H33ClN2O3. The van der Waals surface area contributed by atoms with Crippen LogP contribution in [0, 0.1) is 0 Å². The number of aromatic nitrogens is 2. The van der Waals surface area contributed by atoms with Gasteiger partial charge in [0.25, 0.3) is 0 Å². The fourth-order valence-electron chi connectivity index (χ4n) is 3.08. The molecule has 0 amide bonds. The monoisotopic (exact) mass is 420 g/mol. The molecule has 0 unspecified atom stereocenters. The van der Waals surface area contributed by atoms with E-state index in [2.05, 4.69) is 16.9 Å². The molecule has 1 aromatic heterocycles. The van der Waals surface area contributed by atoms with Crippen LogP contribution in [0.5, 0.6) is 5.75 Å². The second-order valence-electron chi connectivity index (χ2n) is 7.16. The molecule has 6 heteroatoms. The number of carbonyl (C=O) groups is 1. The number of benzene rings is 1. The Bertz CT molecular complexity index is 690. The molecular weight excluding hydrogens is 388 g/mol. The summed E-state index contributed by atoms with van der Waals surface area (Å²) in [6.45, 7) is 2.94. The summed E-state index contributed by atoms with van der Waals surface area (Å²) in [6, 6.07) is 6.53. The average Bonchev–Trinajstić information content (AvgIpc) is 2.72. The summed E-state index contributed by atoms with van der Waals surface area (Å²) in [6.07, 6.45) is 16.4. The minimum absolute atomic E-state index is 0. The van der Waals surface area contributed by atoms with Crippen LogP contribution in [-0.2, 0) is 0 Å². The van der Waals surface area contributed by atoms with Crippen LogP contribution < -0.4 is 4.74 Å². The highest BCUT2D eigenvalue weighted by Gasteiger charge is 2.05. The van der Waals surface area contributed by atoms with Crippen molar-refractivity contribution in [1.82, 2.24) is 9.97 Å². The Morgan fingerprint density at radius 1 is 0.862 bits per heavy atom. The summed E-state index contributed by atoms with van der Waals surface area (Å²) in [5, 5.41) is 8.94. The normalized spacial score (nSPS) is 10.4. The van der Waals surface area contributed by atoms with E-state index in [1.54, 1.807) is 36.7 Å². The number of halogens is 1. The lowest BCUT2D eigenvalue weighted by atomic mass is 10.1. The lowest BCUT2D eigenvalue weighted by Gasteiger charge is -2.07. The van der Waals surface area contributed by atoms with Gasteiger partial charge in [-0.3, -0.25) is 0 Å². The lowest BCUT2D eigenvalue weighted by Crippen LogP contribution is -1.99. The molecule has 2 rings (SSSR count). The maximum atomic E-state index is 10.9. The van der Waals surface area contributed by atoms with Gasteiger partial charge < -0.3 is 9.84 Å². The van der Waals surface area contributed by atoms with Crippen molar-refractivity contribution in [1.29, 1.82) is 0 Å². The summed E-state index contributed by atoms with van der Waals surface area (Å²) in [5.41, 5.74) is 1.03. The molecule has 0 fully saturated rings. The molecule has 0 saturated heterocycles. The van der Waals surface area contributed by atoms with Gasteiger partial charge in [0.1, 0.15) is 0 Å². The van der Waals surface area contributed by atoms with Crippen molar-refractivity contribution >= 4 is 18.4 Å². The quantitative estimate of drug-likeness (QED) is 0.350. The third-order valence-electron chi connectivity index (χ3n) is 4.78. The van der Waals surface area contributed by atoms with Crippen molar-refractivity contribution in [3.63, 3.8) is 0 Å². The molecule has 1 N–H and O–H groups in total. The van der Waals surface area contributed by atoms with Crippen molar-refractivity contribution in [2.45, 2.75) is 71.1 Å². The first-order valence-electron chi connectivity index (χ1n) is 10.5. The summed E-state index contributed by atoms with van der Waals surface area (Å²) in [4.78, 5) is 19.5. The SMILES string of the molecule is CCCCCCCCCCCCOc1cnc(-c2ccc(C(=O)O)cc2)nc1.Cl. The van der Waals surface area contributed by atoms with Crippen LogP contribution in [0.1, 0.15) is 81.5 Å². The number of carboxylic acids is 1. The number of unbranched alkanes of at least 4 members (excludes halogenated alkanes) is 9. The molecule has 1 heterocycles. The third kappa shape index (κ3) is 9.75. The zero-order valence-corrected chi connectivity index (χ0v) is 18.1. The summed E-state index contributed by atoms with van der Waals surface area (Å²) in [7, 11) is 0. The van der Waals surface area contributed by atoms with Gasteiger partial charge in [-0.25, -0.2) is 14.8 Å². The van der Waals surface area contributed by atoms with E-state index in [0.717, 1.165) is 12.0 Å². The summed E-state index contributed by atoms with van der Waals surface area (Å²) < 4.78 is 5.72. The van der Waals surface area contributed by atoms with Crippen LogP contribution in [0.3, 0.4) is 0 Å². The second kappa shape index (κ2) is 14.8. The second-order valence-corrected chi connectivity index (χ2v) is 7.16. The highest BCUT2D eigenvalue weighted by molar-refractivity contribution is 5.88. The average molecular weight is 421 g/mol. The van der Waals surface area contributed by atoms with E-state index in [4.69, 9.17) is 9.84 Å². The van der Waals surface area contributed by atoms with Crippen LogP contribution in [0.4, 0.5) is 0 Å². The van der Waals surface area contributed by atoms with Gasteiger partial charge >= 0.3 is 5.97 Å². The zero-order valence-electron chi connectivity index (χ0n) is 17.3. The Labute approximate surface area is 180 Å². The first kappa shape index (κ1) is 24.9. The Morgan fingerprint density at radius 2 is 1.38 bits per heavy atom. The molecule has 0 spiro atoms. The van der Waals surface area contributed by atoms with Crippen molar-refractivity contribution in [3.05, 3.63) is 42.2 Å². The molecule has 0 saturated carbocycles. The first-order chi connectivity index (χ1) is 13.7. The summed E-state index contributed by atoms with van der Waals surface area (Å²) in [5.74, 6) is 0.285. The van der Waals surface area contributed by atoms with Crippen molar-refractivity contribution in [3.8, 4) is 17.1 Å². The third-order valence-corrected chi connectivity index (χ3v) is 4.78. The number of rotatable bonds is 14. The number of carboxylic acid groups (broad SMARTS) is 1. The Hall–Kier alpha value is -2.14. The van der Waals surface area contributed by atoms with Crippen molar-refractivity contribution < 1.29 is 14.6 Å². The van der Waals surface area contributed by atoms with Gasteiger partial charge in [0.2, 0.25) is 0 Å². The van der Waals surface area contributed by atoms with Crippen LogP contribution in [0.2, 0.25) is 0 Å². The molecule has 0 aliphatic rings. The van der Waals surface area contributed by atoms with Gasteiger partial charge in [0.05, 0.1) is 24.6 Å². The summed E-state index contributed by atoms with van der Waals surface area (Å²) >= 11 is 0.